The minimum Gasteiger partial charge on any atom is -0.0991 e. The first-order valence-corrected chi connectivity index (χ1v) is 4.72. The molecule has 0 heterocycles. The maximum atomic E-state index is 3.72. The zero-order valence-electron chi connectivity index (χ0n) is 9.17. The Morgan fingerprint density at radius 1 is 1.31 bits per heavy atom. The van der Waals surface area contributed by atoms with Crippen LogP contribution in [0.2, 0.25) is 0 Å². The van der Waals surface area contributed by atoms with E-state index < -0.39 is 0 Å². The standard InChI is InChI=1S/C13H20/c1-6-8-12(5)13(9-7-2)10-11(3)4/h6-10,12H,2H2,1,3-5H3/b8-6-,13-9+. The van der Waals surface area contributed by atoms with E-state index >= 15 is 0 Å². The molecule has 72 valence electrons. The van der Waals surface area contributed by atoms with Crippen LogP contribution in [-0.4, -0.2) is 0 Å². The molecule has 0 spiro atoms. The maximum absolute atomic E-state index is 3.72. The van der Waals surface area contributed by atoms with Crippen LogP contribution in [0.3, 0.4) is 0 Å². The molecule has 0 aliphatic carbocycles. The zero-order chi connectivity index (χ0) is 10.3. The van der Waals surface area contributed by atoms with Gasteiger partial charge in [0.15, 0.2) is 0 Å². The van der Waals surface area contributed by atoms with Crippen molar-refractivity contribution in [2.24, 2.45) is 5.92 Å². The molecular weight excluding hydrogens is 156 g/mol. The molecule has 1 atom stereocenters. The van der Waals surface area contributed by atoms with Gasteiger partial charge in [0.05, 0.1) is 0 Å². The fourth-order valence-electron chi connectivity index (χ4n) is 1.20. The first kappa shape index (κ1) is 12.0. The lowest BCUT2D eigenvalue weighted by Crippen LogP contribution is -1.92. The summed E-state index contributed by atoms with van der Waals surface area (Å²) in [6, 6.07) is 0. The Morgan fingerprint density at radius 3 is 2.31 bits per heavy atom. The van der Waals surface area contributed by atoms with E-state index in [0.717, 1.165) is 0 Å². The minimum atomic E-state index is 0.470. The molecule has 1 unspecified atom stereocenters. The number of hydrogen-bond donors (Lipinski definition) is 0. The molecule has 0 aliphatic heterocycles. The third-order valence-corrected chi connectivity index (χ3v) is 1.77. The molecule has 0 bridgehead atoms. The van der Waals surface area contributed by atoms with Crippen molar-refractivity contribution < 1.29 is 0 Å². The van der Waals surface area contributed by atoms with Crippen LogP contribution in [-0.2, 0) is 0 Å². The molecule has 0 aromatic heterocycles. The Labute approximate surface area is 82.4 Å². The van der Waals surface area contributed by atoms with E-state index in [1.54, 1.807) is 0 Å². The summed E-state index contributed by atoms with van der Waals surface area (Å²) in [5.41, 5.74) is 2.64. The fourth-order valence-corrected chi connectivity index (χ4v) is 1.20. The molecule has 0 N–H and O–H groups in total. The second-order valence-corrected chi connectivity index (χ2v) is 3.44. The Hall–Kier alpha value is -1.04. The summed E-state index contributed by atoms with van der Waals surface area (Å²) in [5.74, 6) is 0.470. The Balaban J connectivity index is 4.71. The minimum absolute atomic E-state index is 0.470. The van der Waals surface area contributed by atoms with Crippen molar-refractivity contribution in [3.05, 3.63) is 48.1 Å². The predicted octanol–water partition coefficient (Wildman–Crippen LogP) is 4.28. The van der Waals surface area contributed by atoms with Gasteiger partial charge in [-0.15, -0.1) is 0 Å². The highest BCUT2D eigenvalue weighted by molar-refractivity contribution is 5.30. The second kappa shape index (κ2) is 6.47. The van der Waals surface area contributed by atoms with Crippen molar-refractivity contribution >= 4 is 0 Å². The Morgan fingerprint density at radius 2 is 1.92 bits per heavy atom. The van der Waals surface area contributed by atoms with Crippen molar-refractivity contribution in [2.45, 2.75) is 27.7 Å². The first-order chi connectivity index (χ1) is 6.11. The summed E-state index contributed by atoms with van der Waals surface area (Å²) in [6.45, 7) is 12.2. The van der Waals surface area contributed by atoms with Crippen molar-refractivity contribution in [1.29, 1.82) is 0 Å². The summed E-state index contributed by atoms with van der Waals surface area (Å²) in [7, 11) is 0. The van der Waals surface area contributed by atoms with Gasteiger partial charge in [-0.25, -0.2) is 0 Å². The molecule has 0 rings (SSSR count). The van der Waals surface area contributed by atoms with Gasteiger partial charge in [-0.1, -0.05) is 49.5 Å². The summed E-state index contributed by atoms with van der Waals surface area (Å²) < 4.78 is 0. The molecule has 0 aromatic carbocycles. The van der Waals surface area contributed by atoms with Crippen LogP contribution in [0.15, 0.2) is 48.1 Å². The summed E-state index contributed by atoms with van der Waals surface area (Å²) in [5, 5.41) is 0. The van der Waals surface area contributed by atoms with E-state index in [1.807, 2.05) is 13.0 Å². The van der Waals surface area contributed by atoms with Crippen LogP contribution >= 0.6 is 0 Å². The molecule has 0 fully saturated rings. The molecule has 0 saturated heterocycles. The monoisotopic (exact) mass is 176 g/mol. The van der Waals surface area contributed by atoms with Gasteiger partial charge in [0.25, 0.3) is 0 Å². The van der Waals surface area contributed by atoms with E-state index in [2.05, 4.69) is 51.7 Å². The number of rotatable bonds is 4. The van der Waals surface area contributed by atoms with Crippen LogP contribution in [0.1, 0.15) is 27.7 Å². The van der Waals surface area contributed by atoms with Crippen LogP contribution in [0.25, 0.3) is 0 Å². The highest BCUT2D eigenvalue weighted by Crippen LogP contribution is 2.15. The van der Waals surface area contributed by atoms with Gasteiger partial charge < -0.3 is 0 Å². The van der Waals surface area contributed by atoms with Gasteiger partial charge in [-0.05, 0) is 32.3 Å². The number of allylic oxidation sites excluding steroid dienone is 7. The molecule has 13 heavy (non-hydrogen) atoms. The van der Waals surface area contributed by atoms with Crippen molar-refractivity contribution in [2.75, 3.05) is 0 Å². The summed E-state index contributed by atoms with van der Waals surface area (Å²) in [4.78, 5) is 0. The average Bonchev–Trinajstić information content (AvgIpc) is 2.03. The number of hydrogen-bond acceptors (Lipinski definition) is 0. The van der Waals surface area contributed by atoms with Crippen LogP contribution < -0.4 is 0 Å². The highest BCUT2D eigenvalue weighted by atomic mass is 14.0. The van der Waals surface area contributed by atoms with Crippen LogP contribution in [0.4, 0.5) is 0 Å². The molecule has 0 saturated carbocycles. The molecule has 0 heteroatoms. The molecule has 0 radical (unpaired) electrons. The van der Waals surface area contributed by atoms with Crippen molar-refractivity contribution in [3.63, 3.8) is 0 Å². The third kappa shape index (κ3) is 5.24. The maximum Gasteiger partial charge on any atom is -0.00106 e. The summed E-state index contributed by atoms with van der Waals surface area (Å²) in [6.07, 6.45) is 10.4. The lowest BCUT2D eigenvalue weighted by molar-refractivity contribution is 0.886. The average molecular weight is 176 g/mol. The van der Waals surface area contributed by atoms with Gasteiger partial charge in [-0.2, -0.15) is 0 Å². The molecule has 0 amide bonds. The van der Waals surface area contributed by atoms with E-state index in [-0.39, 0.29) is 0 Å². The lowest BCUT2D eigenvalue weighted by atomic mass is 9.98. The van der Waals surface area contributed by atoms with Gasteiger partial charge in [0, 0.05) is 0 Å². The lowest BCUT2D eigenvalue weighted by Gasteiger charge is -2.07. The summed E-state index contributed by atoms with van der Waals surface area (Å²) >= 11 is 0. The Bertz CT molecular complexity index is 235. The van der Waals surface area contributed by atoms with Gasteiger partial charge in [0.2, 0.25) is 0 Å². The van der Waals surface area contributed by atoms with Gasteiger partial charge in [-0.3, -0.25) is 0 Å². The normalized spacial score (nSPS) is 14.3. The van der Waals surface area contributed by atoms with E-state index in [9.17, 15) is 0 Å². The van der Waals surface area contributed by atoms with E-state index in [4.69, 9.17) is 0 Å². The van der Waals surface area contributed by atoms with Gasteiger partial charge in [0.1, 0.15) is 0 Å². The Kier molecular flexibility index (Phi) is 5.96. The quantitative estimate of drug-likeness (QED) is 0.443. The molecule has 0 aromatic rings. The van der Waals surface area contributed by atoms with Crippen LogP contribution in [0.5, 0.6) is 0 Å². The second-order valence-electron chi connectivity index (χ2n) is 3.44. The molecular formula is C13H20. The van der Waals surface area contributed by atoms with Crippen molar-refractivity contribution in [3.8, 4) is 0 Å². The van der Waals surface area contributed by atoms with Gasteiger partial charge >= 0.3 is 0 Å². The topological polar surface area (TPSA) is 0 Å². The third-order valence-electron chi connectivity index (χ3n) is 1.77. The molecule has 0 nitrogen and oxygen atoms in total. The van der Waals surface area contributed by atoms with E-state index in [1.165, 1.54) is 11.1 Å². The largest absolute Gasteiger partial charge is 0.0991 e. The predicted molar refractivity (Wildman–Crippen MR) is 61.7 cm³/mol. The smallest absolute Gasteiger partial charge is 0.00106 e. The SMILES string of the molecule is C=C/C=C(\C=C(C)C)C(C)/C=C\C. The highest BCUT2D eigenvalue weighted by Gasteiger charge is 2.00. The first-order valence-electron chi connectivity index (χ1n) is 4.72. The van der Waals surface area contributed by atoms with Crippen LogP contribution in [0, 0.1) is 5.92 Å². The molecule has 0 aliphatic rings. The van der Waals surface area contributed by atoms with E-state index in [0.29, 0.717) is 5.92 Å². The fraction of sp³-hybridized carbons (Fsp3) is 0.385. The zero-order valence-corrected chi connectivity index (χ0v) is 9.17. The van der Waals surface area contributed by atoms with Crippen molar-refractivity contribution in [1.82, 2.24) is 0 Å².